The maximum absolute atomic E-state index is 13.7. The van der Waals surface area contributed by atoms with Crippen LogP contribution in [-0.2, 0) is 20.5 Å². The van der Waals surface area contributed by atoms with Gasteiger partial charge in [-0.3, -0.25) is 9.36 Å². The van der Waals surface area contributed by atoms with Crippen LogP contribution in [-0.4, -0.2) is 38.3 Å². The minimum absolute atomic E-state index is 0.356. The number of aliphatic hydroxyl groups excluding tert-OH is 1. The van der Waals surface area contributed by atoms with Gasteiger partial charge in [0.05, 0.1) is 36.7 Å². The largest absolute Gasteiger partial charge is 0.481 e. The van der Waals surface area contributed by atoms with Crippen molar-refractivity contribution in [3.63, 3.8) is 0 Å². The zero-order valence-corrected chi connectivity index (χ0v) is 20.3. The molecule has 2 aromatic carbocycles. The Kier molecular flexibility index (Phi) is 8.35. The quantitative estimate of drug-likeness (QED) is 0.318. The number of halogens is 1. The van der Waals surface area contributed by atoms with Gasteiger partial charge in [-0.05, 0) is 48.2 Å². The Morgan fingerprint density at radius 3 is 2.34 bits per heavy atom. The molecule has 0 aliphatic heterocycles. The number of benzene rings is 2. The van der Waals surface area contributed by atoms with Crippen LogP contribution < -0.4 is 0 Å². The third-order valence-electron chi connectivity index (χ3n) is 5.39. The average Bonchev–Trinajstić information content (AvgIpc) is 2.78. The molecule has 0 amide bonds. The van der Waals surface area contributed by atoms with Gasteiger partial charge in [0.15, 0.2) is 0 Å². The van der Waals surface area contributed by atoms with Crippen molar-refractivity contribution in [3.8, 4) is 22.4 Å². The molecule has 7 nitrogen and oxygen atoms in total. The molecule has 3 rings (SSSR count). The summed E-state index contributed by atoms with van der Waals surface area (Å²) < 4.78 is 31.6. The van der Waals surface area contributed by atoms with E-state index in [9.17, 15) is 23.7 Å². The number of carbonyl (C=O) groups is 1. The summed E-state index contributed by atoms with van der Waals surface area (Å²) in [6.45, 7) is 7.26. The number of hydrogen-bond donors (Lipinski definition) is 3. The first-order valence-electron chi connectivity index (χ1n) is 10.9. The molecule has 35 heavy (non-hydrogen) atoms. The van der Waals surface area contributed by atoms with E-state index in [-0.39, 0.29) is 6.61 Å². The summed E-state index contributed by atoms with van der Waals surface area (Å²) in [7, 11) is -4.36. The third-order valence-corrected chi connectivity index (χ3v) is 6.80. The van der Waals surface area contributed by atoms with Gasteiger partial charge in [0.2, 0.25) is 0 Å². The number of rotatable bonds is 10. The predicted octanol–water partition coefficient (Wildman–Crippen LogP) is 5.43. The van der Waals surface area contributed by atoms with Crippen LogP contribution in [0.4, 0.5) is 4.39 Å². The van der Waals surface area contributed by atoms with Gasteiger partial charge in [-0.15, -0.1) is 0 Å². The van der Waals surface area contributed by atoms with Gasteiger partial charge >= 0.3 is 13.6 Å². The Morgan fingerprint density at radius 2 is 1.77 bits per heavy atom. The molecule has 0 bridgehead atoms. The monoisotopic (exact) mass is 499 g/mol. The number of aliphatic hydroxyl groups is 1. The zero-order valence-electron chi connectivity index (χ0n) is 19.4. The highest BCUT2D eigenvalue weighted by atomic mass is 31.2. The normalized spacial score (nSPS) is 13.7. The molecule has 2 atom stereocenters. The molecular formula is C26H27FNO6P. The van der Waals surface area contributed by atoms with E-state index < -0.39 is 38.1 Å². The topological polar surface area (TPSA) is 117 Å². The fourth-order valence-corrected chi connectivity index (χ4v) is 4.95. The summed E-state index contributed by atoms with van der Waals surface area (Å²) >= 11 is 0. The van der Waals surface area contributed by atoms with Gasteiger partial charge in [-0.2, -0.15) is 0 Å². The highest BCUT2D eigenvalue weighted by molar-refractivity contribution is 7.52. The van der Waals surface area contributed by atoms with Crippen molar-refractivity contribution in [3.05, 3.63) is 83.8 Å². The van der Waals surface area contributed by atoms with Crippen LogP contribution in [0, 0.1) is 12.7 Å². The number of aromatic nitrogens is 1. The summed E-state index contributed by atoms with van der Waals surface area (Å²) in [5, 5.41) is 18.6. The summed E-state index contributed by atoms with van der Waals surface area (Å²) in [5.41, 5.74) is 5.12. The fraction of sp³-hybridized carbons (Fsp3) is 0.231. The number of nitrogens with zero attached hydrogens (tertiary/aromatic N) is 1. The van der Waals surface area contributed by atoms with E-state index in [1.807, 2.05) is 37.3 Å². The molecule has 9 heteroatoms. The van der Waals surface area contributed by atoms with E-state index in [0.29, 0.717) is 33.7 Å². The maximum Gasteiger partial charge on any atom is 0.331 e. The molecule has 184 valence electrons. The molecule has 0 saturated carbocycles. The number of hydrogen-bond acceptors (Lipinski definition) is 5. The molecule has 1 unspecified atom stereocenters. The number of carboxylic acid groups (broad SMARTS) is 1. The van der Waals surface area contributed by atoms with E-state index >= 15 is 0 Å². The van der Waals surface area contributed by atoms with E-state index in [1.165, 1.54) is 12.1 Å². The molecule has 0 aliphatic rings. The minimum atomic E-state index is -4.36. The Morgan fingerprint density at radius 1 is 1.14 bits per heavy atom. The van der Waals surface area contributed by atoms with Crippen LogP contribution in [0.5, 0.6) is 0 Å². The van der Waals surface area contributed by atoms with Crippen molar-refractivity contribution in [1.29, 1.82) is 0 Å². The van der Waals surface area contributed by atoms with Crippen molar-refractivity contribution in [1.82, 2.24) is 4.98 Å². The summed E-state index contributed by atoms with van der Waals surface area (Å²) in [4.78, 5) is 25.9. The van der Waals surface area contributed by atoms with Gasteiger partial charge < -0.3 is 19.6 Å². The molecule has 0 radical (unpaired) electrons. The average molecular weight is 499 g/mol. The highest BCUT2D eigenvalue weighted by Crippen LogP contribution is 2.46. The van der Waals surface area contributed by atoms with Crippen molar-refractivity contribution in [2.24, 2.45) is 0 Å². The van der Waals surface area contributed by atoms with Crippen molar-refractivity contribution in [2.45, 2.75) is 33.0 Å². The zero-order chi connectivity index (χ0) is 25.8. The molecule has 3 aromatic rings. The molecule has 1 heterocycles. The lowest BCUT2D eigenvalue weighted by Gasteiger charge is -2.22. The van der Waals surface area contributed by atoms with Gasteiger partial charge in [0.1, 0.15) is 5.82 Å². The van der Waals surface area contributed by atoms with Crippen LogP contribution in [0.25, 0.3) is 28.0 Å². The number of allylic oxidation sites excluding steroid dienone is 1. The Bertz CT molecular complexity index is 1280. The van der Waals surface area contributed by atoms with E-state index in [4.69, 9.17) is 14.6 Å². The van der Waals surface area contributed by atoms with Crippen LogP contribution >= 0.6 is 7.60 Å². The molecule has 1 aromatic heterocycles. The molecule has 0 spiro atoms. The SMILES string of the molecule is C=C(C)c1nc(-c2ccccc2)c(C)c(-c2ccc(F)cc2)c1COP(=O)(O)C[C@@H](O)CC(=O)O. The van der Waals surface area contributed by atoms with Crippen molar-refractivity contribution >= 4 is 19.1 Å². The Hall–Kier alpha value is -3.16. The standard InChI is InChI=1S/C26H27FNO6P/c1-16(2)25-22(14-34-35(32,33)15-21(29)13-23(30)31)24(18-9-11-20(27)12-10-18)17(3)26(28-25)19-7-5-4-6-8-19/h4-12,21,29H,1,13-15H2,2-3H3,(H,30,31)(H,32,33)/t21-/m0/s1. The molecule has 0 saturated heterocycles. The van der Waals surface area contributed by atoms with Crippen molar-refractivity contribution < 1.29 is 33.4 Å². The second-order valence-corrected chi connectivity index (χ2v) is 10.2. The second-order valence-electron chi connectivity index (χ2n) is 8.29. The lowest BCUT2D eigenvalue weighted by Crippen LogP contribution is -2.18. The van der Waals surface area contributed by atoms with Crippen molar-refractivity contribution in [2.75, 3.05) is 6.16 Å². The van der Waals surface area contributed by atoms with Crippen LogP contribution in [0.3, 0.4) is 0 Å². The predicted molar refractivity (Wildman–Crippen MR) is 132 cm³/mol. The van der Waals surface area contributed by atoms with Gasteiger partial charge in [-0.25, -0.2) is 9.37 Å². The van der Waals surface area contributed by atoms with E-state index in [2.05, 4.69) is 6.58 Å². The maximum atomic E-state index is 13.7. The van der Waals surface area contributed by atoms with E-state index in [1.54, 1.807) is 19.1 Å². The fourth-order valence-electron chi connectivity index (χ4n) is 3.85. The van der Waals surface area contributed by atoms with Gasteiger partial charge in [0, 0.05) is 11.1 Å². The third kappa shape index (κ3) is 6.71. The smallest absolute Gasteiger partial charge is 0.331 e. The van der Waals surface area contributed by atoms with Gasteiger partial charge in [0.25, 0.3) is 0 Å². The second kappa shape index (κ2) is 11.1. The van der Waals surface area contributed by atoms with Crippen LogP contribution in [0.1, 0.15) is 30.2 Å². The first-order chi connectivity index (χ1) is 16.5. The van der Waals surface area contributed by atoms with Crippen LogP contribution in [0.2, 0.25) is 0 Å². The first-order valence-corrected chi connectivity index (χ1v) is 12.6. The summed E-state index contributed by atoms with van der Waals surface area (Å²) in [5.74, 6) is -1.70. The summed E-state index contributed by atoms with van der Waals surface area (Å²) in [6, 6.07) is 15.3. The number of carboxylic acids is 1. The first kappa shape index (κ1) is 26.4. The lowest BCUT2D eigenvalue weighted by atomic mass is 9.90. The Labute approximate surface area is 203 Å². The lowest BCUT2D eigenvalue weighted by molar-refractivity contribution is -0.138. The van der Waals surface area contributed by atoms with Crippen LogP contribution in [0.15, 0.2) is 61.2 Å². The minimum Gasteiger partial charge on any atom is -0.481 e. The molecule has 0 aliphatic carbocycles. The summed E-state index contributed by atoms with van der Waals surface area (Å²) in [6.07, 6.45) is -2.96. The molecular weight excluding hydrogens is 472 g/mol. The highest BCUT2D eigenvalue weighted by Gasteiger charge is 2.28. The van der Waals surface area contributed by atoms with Gasteiger partial charge in [-0.1, -0.05) is 49.0 Å². The number of aliphatic carboxylic acids is 1. The molecule has 0 fully saturated rings. The van der Waals surface area contributed by atoms with E-state index in [0.717, 1.165) is 11.1 Å². The Balaban J connectivity index is 2.13. The number of pyridine rings is 1. The molecule has 3 N–H and O–H groups in total.